The first-order valence-corrected chi connectivity index (χ1v) is 7.36. The molecule has 3 fully saturated rings. The number of pyridine rings is 1. The van der Waals surface area contributed by atoms with Crippen LogP contribution in [0.15, 0.2) is 18.5 Å². The van der Waals surface area contributed by atoms with Crippen LogP contribution in [-0.2, 0) is 0 Å². The van der Waals surface area contributed by atoms with Crippen molar-refractivity contribution in [3.8, 4) is 5.75 Å². The third-order valence-corrected chi connectivity index (χ3v) is 4.05. The lowest BCUT2D eigenvalue weighted by molar-refractivity contribution is 0.0159. The third kappa shape index (κ3) is 2.69. The van der Waals surface area contributed by atoms with Crippen LogP contribution >= 0.6 is 0 Å². The molecule has 0 aromatic carbocycles. The summed E-state index contributed by atoms with van der Waals surface area (Å²) in [5.74, 6) is 0.859. The Kier molecular flexibility index (Phi) is 3.98. The molecule has 20 heavy (non-hydrogen) atoms. The Bertz CT molecular complexity index is 484. The smallest absolute Gasteiger partial charge is 0.182 e. The number of fused-ring (bicyclic) bond motifs is 3. The number of ether oxygens (including phenoxy) is 1. The highest BCUT2D eigenvalue weighted by Gasteiger charge is 2.36. The van der Waals surface area contributed by atoms with E-state index in [1.165, 1.54) is 0 Å². The lowest BCUT2D eigenvalue weighted by Crippen LogP contribution is -2.63. The average Bonchev–Trinajstić information content (AvgIpc) is 2.53. The molecule has 4 rings (SSSR count). The number of piperazine rings is 3. The molecule has 108 valence electrons. The van der Waals surface area contributed by atoms with Gasteiger partial charge < -0.3 is 4.74 Å². The largest absolute Gasteiger partial charge is 0.492 e. The van der Waals surface area contributed by atoms with Gasteiger partial charge in [-0.15, -0.1) is 0 Å². The zero-order chi connectivity index (χ0) is 13.9. The van der Waals surface area contributed by atoms with E-state index in [0.29, 0.717) is 17.9 Å². The van der Waals surface area contributed by atoms with Crippen molar-refractivity contribution in [3.63, 3.8) is 0 Å². The molecule has 1 aromatic heterocycles. The summed E-state index contributed by atoms with van der Waals surface area (Å²) in [4.78, 5) is 21.5. The maximum absolute atomic E-state index is 12.7. The molecule has 0 radical (unpaired) electrons. The molecule has 0 aliphatic carbocycles. The summed E-state index contributed by atoms with van der Waals surface area (Å²) in [6.07, 6.45) is 4.27. The van der Waals surface area contributed by atoms with Gasteiger partial charge in [0.05, 0.1) is 18.8 Å². The third-order valence-electron chi connectivity index (χ3n) is 4.05. The van der Waals surface area contributed by atoms with Crippen LogP contribution in [0.3, 0.4) is 0 Å². The Morgan fingerprint density at radius 2 is 2.15 bits per heavy atom. The fourth-order valence-corrected chi connectivity index (χ4v) is 2.91. The molecule has 1 atom stereocenters. The van der Waals surface area contributed by atoms with Crippen LogP contribution in [0.25, 0.3) is 0 Å². The quantitative estimate of drug-likeness (QED) is 0.752. The molecule has 5 nitrogen and oxygen atoms in total. The van der Waals surface area contributed by atoms with E-state index in [1.54, 1.807) is 12.4 Å². The molecule has 3 saturated heterocycles. The molecule has 4 heterocycles. The Hall–Kier alpha value is -1.46. The van der Waals surface area contributed by atoms with Gasteiger partial charge in [-0.25, -0.2) is 0 Å². The second-order valence-corrected chi connectivity index (χ2v) is 5.47. The molecular formula is C15H21N3O2. The van der Waals surface area contributed by atoms with Crippen molar-refractivity contribution < 1.29 is 9.53 Å². The zero-order valence-electron chi connectivity index (χ0n) is 11.9. The van der Waals surface area contributed by atoms with Gasteiger partial charge >= 0.3 is 0 Å². The van der Waals surface area contributed by atoms with Crippen molar-refractivity contribution in [1.29, 1.82) is 0 Å². The number of carbonyl (C=O) groups is 1. The fourth-order valence-electron chi connectivity index (χ4n) is 2.91. The molecule has 0 spiro atoms. The van der Waals surface area contributed by atoms with E-state index in [2.05, 4.69) is 21.7 Å². The first kappa shape index (κ1) is 13.5. The summed E-state index contributed by atoms with van der Waals surface area (Å²) in [6.45, 7) is 7.72. The SMILES string of the molecule is CCCOc1cncc(C(=O)C2CN3CCN2CC3)c1. The van der Waals surface area contributed by atoms with Crippen LogP contribution in [0, 0.1) is 0 Å². The number of Topliss-reactive ketones (excluding diaryl/α,β-unsaturated/α-hetero) is 1. The number of carbonyl (C=O) groups excluding carboxylic acids is 1. The second kappa shape index (κ2) is 5.89. The minimum absolute atomic E-state index is 0.0132. The molecule has 3 aliphatic heterocycles. The molecule has 0 amide bonds. The van der Waals surface area contributed by atoms with E-state index in [4.69, 9.17) is 4.74 Å². The molecule has 5 heteroatoms. The molecule has 0 N–H and O–H groups in total. The summed E-state index contributed by atoms with van der Waals surface area (Å²) in [5, 5.41) is 0. The maximum Gasteiger partial charge on any atom is 0.182 e. The van der Waals surface area contributed by atoms with Gasteiger partial charge in [0.25, 0.3) is 0 Å². The van der Waals surface area contributed by atoms with E-state index in [-0.39, 0.29) is 11.8 Å². The zero-order valence-corrected chi connectivity index (χ0v) is 11.9. The lowest BCUT2D eigenvalue weighted by Gasteiger charge is -2.46. The van der Waals surface area contributed by atoms with Gasteiger partial charge in [0, 0.05) is 44.5 Å². The number of hydrogen-bond acceptors (Lipinski definition) is 5. The van der Waals surface area contributed by atoms with Crippen LogP contribution in [-0.4, -0.2) is 65.9 Å². The molecule has 3 aliphatic rings. The minimum atomic E-state index is -0.0132. The van der Waals surface area contributed by atoms with E-state index in [0.717, 1.165) is 39.1 Å². The van der Waals surface area contributed by atoms with Crippen LogP contribution in [0.5, 0.6) is 5.75 Å². The van der Waals surface area contributed by atoms with Crippen molar-refractivity contribution in [2.45, 2.75) is 19.4 Å². The lowest BCUT2D eigenvalue weighted by atomic mass is 9.99. The predicted octanol–water partition coefficient (Wildman–Crippen LogP) is 1.05. The number of hydrogen-bond donors (Lipinski definition) is 0. The molecule has 2 bridgehead atoms. The van der Waals surface area contributed by atoms with E-state index in [9.17, 15) is 4.79 Å². The molecular weight excluding hydrogens is 254 g/mol. The van der Waals surface area contributed by atoms with Gasteiger partial charge in [-0.05, 0) is 12.5 Å². The summed E-state index contributed by atoms with van der Waals surface area (Å²) in [7, 11) is 0. The normalized spacial score (nSPS) is 28.4. The topological polar surface area (TPSA) is 45.7 Å². The minimum Gasteiger partial charge on any atom is -0.492 e. The van der Waals surface area contributed by atoms with Gasteiger partial charge in [-0.3, -0.25) is 19.6 Å². The molecule has 1 unspecified atom stereocenters. The van der Waals surface area contributed by atoms with Crippen molar-refractivity contribution in [2.75, 3.05) is 39.3 Å². The highest BCUT2D eigenvalue weighted by Crippen LogP contribution is 2.21. The summed E-state index contributed by atoms with van der Waals surface area (Å²) in [5.41, 5.74) is 0.664. The van der Waals surface area contributed by atoms with E-state index < -0.39 is 0 Å². The van der Waals surface area contributed by atoms with Gasteiger partial charge in [-0.1, -0.05) is 6.92 Å². The van der Waals surface area contributed by atoms with Crippen LogP contribution in [0.4, 0.5) is 0 Å². The Morgan fingerprint density at radius 3 is 2.80 bits per heavy atom. The van der Waals surface area contributed by atoms with E-state index in [1.807, 2.05) is 6.07 Å². The highest BCUT2D eigenvalue weighted by molar-refractivity contribution is 6.00. The van der Waals surface area contributed by atoms with Crippen molar-refractivity contribution >= 4 is 5.78 Å². The van der Waals surface area contributed by atoms with Gasteiger partial charge in [0.15, 0.2) is 5.78 Å². The Balaban J connectivity index is 1.73. The predicted molar refractivity (Wildman–Crippen MR) is 76.2 cm³/mol. The standard InChI is InChI=1S/C15H21N3O2/c1-2-7-20-13-8-12(9-16-10-13)15(19)14-11-17-3-5-18(14)6-4-17/h8-10,14H,2-7,11H2,1H3. The number of ketones is 1. The van der Waals surface area contributed by atoms with Crippen LogP contribution in [0.1, 0.15) is 23.7 Å². The average molecular weight is 275 g/mol. The van der Waals surface area contributed by atoms with Crippen molar-refractivity contribution in [2.24, 2.45) is 0 Å². The first-order valence-electron chi connectivity index (χ1n) is 7.36. The highest BCUT2D eigenvalue weighted by atomic mass is 16.5. The van der Waals surface area contributed by atoms with Crippen LogP contribution in [0.2, 0.25) is 0 Å². The summed E-state index contributed by atoms with van der Waals surface area (Å²) >= 11 is 0. The van der Waals surface area contributed by atoms with Crippen molar-refractivity contribution in [1.82, 2.24) is 14.8 Å². The second-order valence-electron chi connectivity index (χ2n) is 5.47. The molecule has 0 saturated carbocycles. The van der Waals surface area contributed by atoms with Gasteiger partial charge in [0.2, 0.25) is 0 Å². The van der Waals surface area contributed by atoms with Crippen LogP contribution < -0.4 is 4.74 Å². The van der Waals surface area contributed by atoms with Crippen molar-refractivity contribution in [3.05, 3.63) is 24.0 Å². The Labute approximate surface area is 119 Å². The number of nitrogens with zero attached hydrogens (tertiary/aromatic N) is 3. The van der Waals surface area contributed by atoms with Gasteiger partial charge in [0.1, 0.15) is 5.75 Å². The van der Waals surface area contributed by atoms with Gasteiger partial charge in [-0.2, -0.15) is 0 Å². The monoisotopic (exact) mass is 275 g/mol. The number of rotatable bonds is 5. The summed E-state index contributed by atoms with van der Waals surface area (Å²) < 4.78 is 5.56. The number of aromatic nitrogens is 1. The summed E-state index contributed by atoms with van der Waals surface area (Å²) in [6, 6.07) is 1.81. The van der Waals surface area contributed by atoms with E-state index >= 15 is 0 Å². The first-order chi connectivity index (χ1) is 9.78. The Morgan fingerprint density at radius 1 is 1.35 bits per heavy atom. The maximum atomic E-state index is 12.7. The fraction of sp³-hybridized carbons (Fsp3) is 0.600. The molecule has 1 aromatic rings.